The molecule has 1 heterocycles. The summed E-state index contributed by atoms with van der Waals surface area (Å²) in [6.07, 6.45) is 5.80. The number of nitrogens with two attached hydrogens (primary N) is 1. The number of carbonyl (C=O) groups is 1. The van der Waals surface area contributed by atoms with Crippen LogP contribution in [0.25, 0.3) is 0 Å². The normalized spacial score (nSPS) is 27.3. The number of carbonyl (C=O) groups excluding carboxylic acids is 1. The maximum absolute atomic E-state index is 10.9. The van der Waals surface area contributed by atoms with Gasteiger partial charge in [0.25, 0.3) is 5.91 Å². The fraction of sp³-hybridized carbons (Fsp3) is 0.636. The van der Waals surface area contributed by atoms with Gasteiger partial charge in [0, 0.05) is 45.8 Å². The molecular formula is C22H33N5O2. The summed E-state index contributed by atoms with van der Waals surface area (Å²) in [6, 6.07) is 8.54. The molecule has 2 bridgehead atoms. The molecule has 1 aromatic rings. The van der Waals surface area contributed by atoms with E-state index >= 15 is 0 Å². The topological polar surface area (TPSA) is 83.2 Å². The lowest BCUT2D eigenvalue weighted by Crippen LogP contribution is -2.55. The molecule has 1 aromatic carbocycles. The Bertz CT molecular complexity index is 744. The van der Waals surface area contributed by atoms with Gasteiger partial charge in [0.15, 0.2) is 12.6 Å². The monoisotopic (exact) mass is 399 g/mol. The van der Waals surface area contributed by atoms with Crippen LogP contribution < -0.4 is 15.8 Å². The first kappa shape index (κ1) is 20.0. The van der Waals surface area contributed by atoms with Gasteiger partial charge in [-0.25, -0.2) is 0 Å². The van der Waals surface area contributed by atoms with Gasteiger partial charge in [-0.3, -0.25) is 14.7 Å². The van der Waals surface area contributed by atoms with Crippen LogP contribution in [0.5, 0.6) is 5.75 Å². The van der Waals surface area contributed by atoms with E-state index in [1.54, 1.807) is 0 Å². The first-order chi connectivity index (χ1) is 14.1. The van der Waals surface area contributed by atoms with Crippen molar-refractivity contribution in [1.29, 1.82) is 0 Å². The maximum Gasteiger partial charge on any atom is 0.255 e. The highest BCUT2D eigenvalue weighted by atomic mass is 16.5. The van der Waals surface area contributed by atoms with Gasteiger partial charge in [-0.1, -0.05) is 18.6 Å². The third kappa shape index (κ3) is 4.83. The van der Waals surface area contributed by atoms with E-state index in [0.717, 1.165) is 55.6 Å². The van der Waals surface area contributed by atoms with Crippen LogP contribution in [0, 0.1) is 11.8 Å². The van der Waals surface area contributed by atoms with Gasteiger partial charge in [0.2, 0.25) is 0 Å². The maximum atomic E-state index is 10.9. The number of ether oxygens (including phenoxy) is 1. The van der Waals surface area contributed by atoms with Crippen molar-refractivity contribution in [2.24, 2.45) is 22.6 Å². The number of hydrogen-bond acceptors (Lipinski definition) is 4. The van der Waals surface area contributed by atoms with Gasteiger partial charge < -0.3 is 20.7 Å². The first-order valence-corrected chi connectivity index (χ1v) is 10.8. The zero-order valence-electron chi connectivity index (χ0n) is 17.3. The van der Waals surface area contributed by atoms with E-state index in [0.29, 0.717) is 12.3 Å². The zero-order chi connectivity index (χ0) is 20.2. The second-order valence-corrected chi connectivity index (χ2v) is 8.57. The summed E-state index contributed by atoms with van der Waals surface area (Å²) in [7, 11) is 1.84. The van der Waals surface area contributed by atoms with Crippen LogP contribution in [0.2, 0.25) is 0 Å². The molecule has 1 aliphatic heterocycles. The van der Waals surface area contributed by atoms with Gasteiger partial charge in [0.05, 0.1) is 0 Å². The van der Waals surface area contributed by atoms with Crippen LogP contribution in [0.4, 0.5) is 0 Å². The van der Waals surface area contributed by atoms with E-state index in [2.05, 4.69) is 20.1 Å². The lowest BCUT2D eigenvalue weighted by Gasteiger charge is -2.42. The smallest absolute Gasteiger partial charge is 0.255 e. The van der Waals surface area contributed by atoms with Crippen LogP contribution in [-0.4, -0.2) is 67.5 Å². The number of primary amides is 1. The molecule has 1 saturated heterocycles. The van der Waals surface area contributed by atoms with Crippen molar-refractivity contribution in [3.8, 4) is 5.75 Å². The molecule has 4 rings (SSSR count). The van der Waals surface area contributed by atoms with E-state index in [-0.39, 0.29) is 6.61 Å². The molecule has 3 N–H and O–H groups in total. The Hall–Kier alpha value is -2.28. The summed E-state index contributed by atoms with van der Waals surface area (Å²) >= 11 is 0. The predicted molar refractivity (Wildman–Crippen MR) is 114 cm³/mol. The van der Waals surface area contributed by atoms with Crippen molar-refractivity contribution in [2.75, 3.05) is 39.8 Å². The van der Waals surface area contributed by atoms with Crippen molar-refractivity contribution in [1.82, 2.24) is 15.1 Å². The fourth-order valence-corrected chi connectivity index (χ4v) is 5.34. The highest BCUT2D eigenvalue weighted by molar-refractivity contribution is 5.80. The summed E-state index contributed by atoms with van der Waals surface area (Å²) < 4.78 is 5.39. The molecule has 0 radical (unpaired) electrons. The Morgan fingerprint density at radius 2 is 2.07 bits per heavy atom. The van der Waals surface area contributed by atoms with Crippen molar-refractivity contribution in [3.63, 3.8) is 0 Å². The minimum Gasteiger partial charge on any atom is -0.484 e. The van der Waals surface area contributed by atoms with Gasteiger partial charge in [-0.15, -0.1) is 0 Å². The van der Waals surface area contributed by atoms with Crippen LogP contribution in [0.1, 0.15) is 31.2 Å². The molecule has 1 amide bonds. The molecule has 3 fully saturated rings. The Labute approximate surface area is 173 Å². The number of nitrogens with one attached hydrogen (secondary N) is 1. The predicted octanol–water partition coefficient (Wildman–Crippen LogP) is 1.43. The number of piperazine rings is 1. The second-order valence-electron chi connectivity index (χ2n) is 8.57. The highest BCUT2D eigenvalue weighted by Crippen LogP contribution is 2.46. The number of fused-ring (bicyclic) bond motifs is 2. The van der Waals surface area contributed by atoms with Crippen molar-refractivity contribution >= 4 is 11.9 Å². The van der Waals surface area contributed by atoms with Crippen LogP contribution in [0.15, 0.2) is 29.3 Å². The lowest BCUT2D eigenvalue weighted by molar-refractivity contribution is -0.119. The van der Waals surface area contributed by atoms with Gasteiger partial charge in [-0.05, 0) is 48.8 Å². The Kier molecular flexibility index (Phi) is 6.23. The highest BCUT2D eigenvalue weighted by Gasteiger charge is 2.42. The van der Waals surface area contributed by atoms with Crippen molar-refractivity contribution in [2.45, 2.75) is 38.3 Å². The number of benzene rings is 1. The number of hydrogen-bond donors (Lipinski definition) is 2. The third-order valence-corrected chi connectivity index (χ3v) is 6.73. The molecular weight excluding hydrogens is 366 g/mol. The summed E-state index contributed by atoms with van der Waals surface area (Å²) in [5.41, 5.74) is 6.22. The van der Waals surface area contributed by atoms with Crippen molar-refractivity contribution in [3.05, 3.63) is 29.8 Å². The standard InChI is InChI=1S/C22H33N5O2/c1-24-22(25-14-17-3-2-4-19(12-17)29-15-21(23)28)27-9-7-26(8-10-27)20-13-16-5-6-18(20)11-16/h2-4,12,16,18,20H,5-11,13-15H2,1H3,(H2,23,28)(H,24,25). The lowest BCUT2D eigenvalue weighted by atomic mass is 9.93. The SMILES string of the molecule is CN=C(NCc1cccc(OCC(N)=O)c1)N1CCN(C2CC3CCC2C3)CC1. The molecule has 3 aliphatic rings. The average molecular weight is 400 g/mol. The third-order valence-electron chi connectivity index (χ3n) is 6.73. The molecule has 7 heteroatoms. The molecule has 2 aliphatic carbocycles. The largest absolute Gasteiger partial charge is 0.484 e. The minimum absolute atomic E-state index is 0.106. The summed E-state index contributed by atoms with van der Waals surface area (Å²) in [4.78, 5) is 20.5. The van der Waals surface area contributed by atoms with E-state index in [4.69, 9.17) is 10.5 Å². The summed E-state index contributed by atoms with van der Waals surface area (Å²) in [5, 5.41) is 3.47. The molecule has 0 spiro atoms. The van der Waals surface area contributed by atoms with Crippen LogP contribution >= 0.6 is 0 Å². The Morgan fingerprint density at radius 3 is 2.72 bits per heavy atom. The molecule has 2 saturated carbocycles. The van der Waals surface area contributed by atoms with E-state index in [1.807, 2.05) is 31.3 Å². The van der Waals surface area contributed by atoms with Crippen molar-refractivity contribution < 1.29 is 9.53 Å². The Morgan fingerprint density at radius 1 is 1.24 bits per heavy atom. The quantitative estimate of drug-likeness (QED) is 0.559. The van der Waals surface area contributed by atoms with E-state index in [9.17, 15) is 4.79 Å². The molecule has 158 valence electrons. The van der Waals surface area contributed by atoms with Gasteiger partial charge in [0.1, 0.15) is 5.75 Å². The molecule has 3 atom stereocenters. The second kappa shape index (κ2) is 9.03. The number of aliphatic imine (C=N–C) groups is 1. The van der Waals surface area contributed by atoms with E-state index in [1.165, 1.54) is 25.7 Å². The summed E-state index contributed by atoms with van der Waals surface area (Å²) in [6.45, 7) is 4.86. The van der Waals surface area contributed by atoms with E-state index < -0.39 is 5.91 Å². The molecule has 7 nitrogen and oxygen atoms in total. The van der Waals surface area contributed by atoms with Gasteiger partial charge >= 0.3 is 0 Å². The molecule has 0 aromatic heterocycles. The number of guanidine groups is 1. The first-order valence-electron chi connectivity index (χ1n) is 10.8. The average Bonchev–Trinajstić information content (AvgIpc) is 3.37. The molecule has 3 unspecified atom stereocenters. The number of nitrogens with zero attached hydrogens (tertiary/aromatic N) is 3. The minimum atomic E-state index is -0.474. The number of amides is 1. The summed E-state index contributed by atoms with van der Waals surface area (Å²) in [5.74, 6) is 3.07. The Balaban J connectivity index is 1.26. The van der Waals surface area contributed by atoms with Crippen LogP contribution in [0.3, 0.4) is 0 Å². The zero-order valence-corrected chi connectivity index (χ0v) is 17.3. The fourth-order valence-electron chi connectivity index (χ4n) is 5.34. The van der Waals surface area contributed by atoms with Gasteiger partial charge in [-0.2, -0.15) is 0 Å². The van der Waals surface area contributed by atoms with Crippen LogP contribution in [-0.2, 0) is 11.3 Å². The molecule has 29 heavy (non-hydrogen) atoms. The number of rotatable bonds is 6.